The number of nitrogens with zero attached hydrogens (tertiary/aromatic N) is 1. The maximum Gasteiger partial charge on any atom is 0.325 e. The topological polar surface area (TPSA) is 110 Å². The van der Waals surface area contributed by atoms with Gasteiger partial charge in [0.1, 0.15) is 15.4 Å². The molecule has 11 heteroatoms. The molecule has 1 aliphatic rings. The van der Waals surface area contributed by atoms with Gasteiger partial charge in [-0.1, -0.05) is 42.4 Å². The minimum absolute atomic E-state index is 0.0756. The number of carboxylic acid groups (broad SMARTS) is 1. The average Bonchev–Trinajstić information content (AvgIpc) is 3.14. The van der Waals surface area contributed by atoms with Crippen molar-refractivity contribution in [3.8, 4) is 10.6 Å². The molecule has 1 fully saturated rings. The molecule has 1 aliphatic carbocycles. The van der Waals surface area contributed by atoms with Gasteiger partial charge >= 0.3 is 5.97 Å². The predicted molar refractivity (Wildman–Crippen MR) is 104 cm³/mol. The molecule has 0 unspecified atom stereocenters. The Hall–Kier alpha value is -2.63. The summed E-state index contributed by atoms with van der Waals surface area (Å²) in [7, 11) is -4.19. The summed E-state index contributed by atoms with van der Waals surface area (Å²) < 4.78 is 58.0. The van der Waals surface area contributed by atoms with Gasteiger partial charge in [0.15, 0.2) is 0 Å². The zero-order valence-electron chi connectivity index (χ0n) is 15.5. The summed E-state index contributed by atoms with van der Waals surface area (Å²) in [4.78, 5) is 12.4. The Morgan fingerprint density at radius 3 is 2.57 bits per heavy atom. The molecule has 0 bridgehead atoms. The van der Waals surface area contributed by atoms with Gasteiger partial charge in [0.05, 0.1) is 4.88 Å². The molecule has 1 saturated carbocycles. The van der Waals surface area contributed by atoms with E-state index < -0.39 is 45.6 Å². The highest BCUT2D eigenvalue weighted by Crippen LogP contribution is 2.58. The second-order valence-corrected chi connectivity index (χ2v) is 9.98. The van der Waals surface area contributed by atoms with Crippen molar-refractivity contribution in [1.29, 1.82) is 0 Å². The van der Waals surface area contributed by atoms with E-state index in [9.17, 15) is 27.1 Å². The number of aromatic nitrogens is 1. The molecule has 0 aliphatic heterocycles. The van der Waals surface area contributed by atoms with Crippen molar-refractivity contribution in [3.63, 3.8) is 0 Å². The van der Waals surface area contributed by atoms with E-state index in [1.54, 1.807) is 37.3 Å². The fraction of sp³-hybridized carbons (Fsp3) is 0.263. The Balaban J connectivity index is 1.62. The first-order valence-corrected chi connectivity index (χ1v) is 11.1. The van der Waals surface area contributed by atoms with Crippen molar-refractivity contribution >= 4 is 27.3 Å². The lowest BCUT2D eigenvalue weighted by atomic mass is 10.1. The fourth-order valence-corrected chi connectivity index (χ4v) is 6.40. The van der Waals surface area contributed by atoms with Crippen LogP contribution in [0.4, 0.5) is 8.78 Å². The Kier molecular flexibility index (Phi) is 4.99. The Morgan fingerprint density at radius 1 is 1.27 bits per heavy atom. The van der Waals surface area contributed by atoms with Crippen LogP contribution in [0.5, 0.6) is 0 Å². The summed E-state index contributed by atoms with van der Waals surface area (Å²) in [6, 6.07) is 12.6. The zero-order chi connectivity index (χ0) is 21.7. The largest absolute Gasteiger partial charge is 0.480 e. The van der Waals surface area contributed by atoms with E-state index in [4.69, 9.17) is 0 Å². The number of thiophene rings is 1. The summed E-state index contributed by atoms with van der Waals surface area (Å²) in [5, 5.41) is 13.4. The van der Waals surface area contributed by atoms with E-state index >= 15 is 0 Å². The van der Waals surface area contributed by atoms with Crippen LogP contribution in [0, 0.1) is 5.92 Å². The molecule has 158 valence electrons. The van der Waals surface area contributed by atoms with Crippen LogP contribution in [0.25, 0.3) is 10.6 Å². The van der Waals surface area contributed by atoms with E-state index in [0.717, 1.165) is 23.0 Å². The second kappa shape index (κ2) is 7.25. The summed E-state index contributed by atoms with van der Waals surface area (Å²) in [5.74, 6) is -2.86. The number of rotatable bonds is 7. The third-order valence-corrected chi connectivity index (χ3v) is 8.34. The van der Waals surface area contributed by atoms with E-state index in [1.807, 2.05) is 0 Å². The molecule has 0 radical (unpaired) electrons. The molecule has 30 heavy (non-hydrogen) atoms. The molecule has 2 heterocycles. The predicted octanol–water partition coefficient (Wildman–Crippen LogP) is 3.88. The summed E-state index contributed by atoms with van der Waals surface area (Å²) in [6.07, 6.45) is -2.84. The number of carboxylic acids is 1. The summed E-state index contributed by atoms with van der Waals surface area (Å²) in [5.41, 5.74) is -0.864. The monoisotopic (exact) mass is 454 g/mol. The average molecular weight is 454 g/mol. The Morgan fingerprint density at radius 2 is 1.97 bits per heavy atom. The number of hydrogen-bond acceptors (Lipinski definition) is 6. The highest BCUT2D eigenvalue weighted by Gasteiger charge is 2.70. The standard InChI is InChI=1S/C19H16F2N2O5S2/c1-10-16(11-5-3-2-4-6-11)19(10,18(24)25)23-30(26,27)15-8-7-14(29-15)12-9-13(17(20)21)28-22-12/h2-10,16-17,23H,1H3,(H,24,25)/t10-,16-,19+/m1/s1. The van der Waals surface area contributed by atoms with Crippen LogP contribution in [-0.2, 0) is 14.8 Å². The van der Waals surface area contributed by atoms with E-state index in [2.05, 4.69) is 14.4 Å². The first-order chi connectivity index (χ1) is 14.2. The number of alkyl halides is 2. The van der Waals surface area contributed by atoms with Crippen molar-refractivity contribution in [2.75, 3.05) is 0 Å². The molecule has 3 atom stereocenters. The van der Waals surface area contributed by atoms with E-state index in [0.29, 0.717) is 4.88 Å². The van der Waals surface area contributed by atoms with Crippen LogP contribution < -0.4 is 4.72 Å². The van der Waals surface area contributed by atoms with Crippen molar-refractivity contribution in [2.24, 2.45) is 5.92 Å². The maximum absolute atomic E-state index is 12.9. The Bertz CT molecular complexity index is 1190. The number of benzene rings is 1. The molecule has 7 nitrogen and oxygen atoms in total. The SMILES string of the molecule is C[C@@H]1[C@H](c2ccccc2)[C@]1(NS(=O)(=O)c1ccc(-c2cc(C(F)F)on2)s1)C(=O)O. The first kappa shape index (κ1) is 20.6. The van der Waals surface area contributed by atoms with E-state index in [-0.39, 0.29) is 9.90 Å². The highest BCUT2D eigenvalue weighted by molar-refractivity contribution is 7.91. The van der Waals surface area contributed by atoms with Crippen LogP contribution in [0.15, 0.2) is 57.3 Å². The fourth-order valence-electron chi connectivity index (χ4n) is 3.68. The highest BCUT2D eigenvalue weighted by atomic mass is 32.2. The lowest BCUT2D eigenvalue weighted by Crippen LogP contribution is -2.45. The number of aliphatic carboxylic acids is 1. The molecule has 4 rings (SSSR count). The molecule has 2 aromatic heterocycles. The van der Waals surface area contributed by atoms with Crippen molar-refractivity contribution in [1.82, 2.24) is 9.88 Å². The maximum atomic E-state index is 12.9. The molecule has 2 N–H and O–H groups in total. The van der Waals surface area contributed by atoms with E-state index in [1.165, 1.54) is 12.1 Å². The van der Waals surface area contributed by atoms with Crippen LogP contribution in [0.2, 0.25) is 0 Å². The smallest absolute Gasteiger partial charge is 0.325 e. The van der Waals surface area contributed by atoms with Gasteiger partial charge in [0, 0.05) is 12.0 Å². The van der Waals surface area contributed by atoms with Gasteiger partial charge in [-0.2, -0.15) is 4.72 Å². The summed E-state index contributed by atoms with van der Waals surface area (Å²) >= 11 is 0.786. The molecule has 1 aromatic carbocycles. The zero-order valence-corrected chi connectivity index (χ0v) is 17.1. The molecular weight excluding hydrogens is 438 g/mol. The number of nitrogens with one attached hydrogen (secondary N) is 1. The second-order valence-electron chi connectivity index (χ2n) is 6.99. The number of halogens is 2. The van der Waals surface area contributed by atoms with Crippen LogP contribution in [0.3, 0.4) is 0 Å². The van der Waals surface area contributed by atoms with Crippen LogP contribution >= 0.6 is 11.3 Å². The van der Waals surface area contributed by atoms with Gasteiger partial charge in [-0.3, -0.25) is 4.79 Å². The minimum atomic E-state index is -4.19. The minimum Gasteiger partial charge on any atom is -0.480 e. The molecule has 0 spiro atoms. The Labute approximate surface area is 174 Å². The molecule has 3 aromatic rings. The van der Waals surface area contributed by atoms with Gasteiger partial charge in [0.2, 0.25) is 5.76 Å². The van der Waals surface area contributed by atoms with Crippen molar-refractivity contribution in [2.45, 2.75) is 29.0 Å². The molecular formula is C19H16F2N2O5S2. The van der Waals surface area contributed by atoms with Crippen LogP contribution in [-0.4, -0.2) is 30.2 Å². The normalized spacial score (nSPS) is 23.6. The number of carbonyl (C=O) groups is 1. The van der Waals surface area contributed by atoms with Gasteiger partial charge < -0.3 is 9.63 Å². The van der Waals surface area contributed by atoms with Gasteiger partial charge in [0.25, 0.3) is 16.4 Å². The third-order valence-electron chi connectivity index (χ3n) is 5.26. The number of hydrogen-bond donors (Lipinski definition) is 2. The number of sulfonamides is 1. The molecule has 0 amide bonds. The van der Waals surface area contributed by atoms with Gasteiger partial charge in [-0.15, -0.1) is 11.3 Å². The molecule has 0 saturated heterocycles. The lowest BCUT2D eigenvalue weighted by molar-refractivity contribution is -0.140. The first-order valence-electron chi connectivity index (χ1n) is 8.84. The summed E-state index contributed by atoms with van der Waals surface area (Å²) in [6.45, 7) is 1.68. The van der Waals surface area contributed by atoms with Crippen molar-refractivity contribution < 1.29 is 31.6 Å². The van der Waals surface area contributed by atoms with Gasteiger partial charge in [-0.25, -0.2) is 17.2 Å². The lowest BCUT2D eigenvalue weighted by Gasteiger charge is -2.15. The van der Waals surface area contributed by atoms with Crippen LogP contribution in [0.1, 0.15) is 30.6 Å². The van der Waals surface area contributed by atoms with Gasteiger partial charge in [-0.05, 0) is 23.6 Å². The quantitative estimate of drug-likeness (QED) is 0.561. The third kappa shape index (κ3) is 3.32. The van der Waals surface area contributed by atoms with Crippen molar-refractivity contribution in [3.05, 3.63) is 59.9 Å².